The zero-order chi connectivity index (χ0) is 15.9. The molecule has 4 heteroatoms. The molecule has 0 spiro atoms. The van der Waals surface area contributed by atoms with Crippen LogP contribution in [0.25, 0.3) is 0 Å². The quantitative estimate of drug-likeness (QED) is 0.691. The highest BCUT2D eigenvalue weighted by molar-refractivity contribution is 7.99. The summed E-state index contributed by atoms with van der Waals surface area (Å²) >= 11 is 1.67. The largest absolute Gasteiger partial charge is 0.394 e. The third-order valence-corrected chi connectivity index (χ3v) is 4.62. The van der Waals surface area contributed by atoms with E-state index in [0.717, 1.165) is 12.3 Å². The second kappa shape index (κ2) is 8.79. The van der Waals surface area contributed by atoms with Gasteiger partial charge in [0.1, 0.15) is 0 Å². The Balaban J connectivity index is 2.67. The Labute approximate surface area is 133 Å². The van der Waals surface area contributed by atoms with Crippen molar-refractivity contribution in [3.05, 3.63) is 35.4 Å². The molecule has 0 aromatic heterocycles. The van der Waals surface area contributed by atoms with Crippen LogP contribution in [0, 0.1) is 0 Å². The van der Waals surface area contributed by atoms with Crippen LogP contribution in [0.1, 0.15) is 44.9 Å². The van der Waals surface area contributed by atoms with Gasteiger partial charge >= 0.3 is 0 Å². The van der Waals surface area contributed by atoms with Gasteiger partial charge in [-0.15, -0.1) is 0 Å². The molecule has 1 aromatic rings. The minimum atomic E-state index is -0.624. The number of nitrogens with one attached hydrogen (secondary N) is 1. The molecule has 2 unspecified atom stereocenters. The fourth-order valence-corrected chi connectivity index (χ4v) is 3.17. The highest BCUT2D eigenvalue weighted by Gasteiger charge is 2.15. The average Bonchev–Trinajstić information content (AvgIpc) is 2.45. The first-order chi connectivity index (χ1) is 9.88. The lowest BCUT2D eigenvalue weighted by atomic mass is 9.86. The van der Waals surface area contributed by atoms with Gasteiger partial charge in [0.2, 0.25) is 0 Å². The Bertz CT molecular complexity index is 400. The minimum absolute atomic E-state index is 0.168. The zero-order valence-corrected chi connectivity index (χ0v) is 14.4. The maximum Gasteiger partial charge on any atom is 0.0861 e. The van der Waals surface area contributed by atoms with Crippen LogP contribution in [0.3, 0.4) is 0 Å². The van der Waals surface area contributed by atoms with Crippen molar-refractivity contribution < 1.29 is 10.2 Å². The SMILES string of the molecule is CCNC(CSCC(O)CO)c1ccc(C(C)(C)C)cc1. The lowest BCUT2D eigenvalue weighted by Gasteiger charge is -2.22. The van der Waals surface area contributed by atoms with Crippen LogP contribution in [0.15, 0.2) is 24.3 Å². The minimum Gasteiger partial charge on any atom is -0.394 e. The third-order valence-electron chi connectivity index (χ3n) is 3.44. The Morgan fingerprint density at radius 1 is 1.14 bits per heavy atom. The van der Waals surface area contributed by atoms with Crippen LogP contribution in [0.4, 0.5) is 0 Å². The molecule has 0 saturated heterocycles. The van der Waals surface area contributed by atoms with Crippen LogP contribution < -0.4 is 5.32 Å². The maximum absolute atomic E-state index is 9.41. The number of hydrogen-bond donors (Lipinski definition) is 3. The summed E-state index contributed by atoms with van der Waals surface area (Å²) in [5.41, 5.74) is 2.78. The van der Waals surface area contributed by atoms with E-state index in [1.807, 2.05) is 0 Å². The second-order valence-electron chi connectivity index (χ2n) is 6.36. The van der Waals surface area contributed by atoms with E-state index >= 15 is 0 Å². The molecule has 0 saturated carbocycles. The molecule has 21 heavy (non-hydrogen) atoms. The molecular formula is C17H29NO2S. The van der Waals surface area contributed by atoms with Crippen molar-refractivity contribution in [3.8, 4) is 0 Å². The number of hydrogen-bond acceptors (Lipinski definition) is 4. The molecule has 0 fully saturated rings. The lowest BCUT2D eigenvalue weighted by Crippen LogP contribution is -2.24. The van der Waals surface area contributed by atoms with Crippen LogP contribution in [0.2, 0.25) is 0 Å². The molecule has 0 bridgehead atoms. The first-order valence-electron chi connectivity index (χ1n) is 7.59. The van der Waals surface area contributed by atoms with Crippen molar-refractivity contribution >= 4 is 11.8 Å². The van der Waals surface area contributed by atoms with Crippen LogP contribution >= 0.6 is 11.8 Å². The van der Waals surface area contributed by atoms with E-state index in [0.29, 0.717) is 5.75 Å². The second-order valence-corrected chi connectivity index (χ2v) is 7.43. The first-order valence-corrected chi connectivity index (χ1v) is 8.74. The summed E-state index contributed by atoms with van der Waals surface area (Å²) in [6.45, 7) is 9.50. The van der Waals surface area contributed by atoms with E-state index in [-0.39, 0.29) is 18.1 Å². The van der Waals surface area contributed by atoms with Gasteiger partial charge < -0.3 is 15.5 Å². The van der Waals surface area contributed by atoms with Crippen molar-refractivity contribution in [2.45, 2.75) is 45.3 Å². The monoisotopic (exact) mass is 311 g/mol. The molecule has 0 heterocycles. The van der Waals surface area contributed by atoms with E-state index in [4.69, 9.17) is 5.11 Å². The zero-order valence-electron chi connectivity index (χ0n) is 13.6. The predicted octanol–water partition coefficient (Wildman–Crippen LogP) is 2.72. The summed E-state index contributed by atoms with van der Waals surface area (Å²) in [6.07, 6.45) is -0.624. The molecule has 0 aliphatic carbocycles. The highest BCUT2D eigenvalue weighted by atomic mass is 32.2. The van der Waals surface area contributed by atoms with E-state index < -0.39 is 6.10 Å². The van der Waals surface area contributed by atoms with E-state index in [2.05, 4.69) is 57.3 Å². The van der Waals surface area contributed by atoms with Gasteiger partial charge in [0.25, 0.3) is 0 Å². The van der Waals surface area contributed by atoms with Crippen LogP contribution in [0.5, 0.6) is 0 Å². The molecule has 120 valence electrons. The van der Waals surface area contributed by atoms with Crippen molar-refractivity contribution in [2.24, 2.45) is 0 Å². The molecule has 0 aliphatic heterocycles. The Morgan fingerprint density at radius 3 is 2.24 bits per heavy atom. The van der Waals surface area contributed by atoms with E-state index in [9.17, 15) is 5.11 Å². The number of aliphatic hydroxyl groups excluding tert-OH is 2. The molecule has 1 aromatic carbocycles. The standard InChI is InChI=1S/C17H29NO2S/c1-5-18-16(12-21-11-15(20)10-19)13-6-8-14(9-7-13)17(2,3)4/h6-9,15-16,18-20H,5,10-12H2,1-4H3. The van der Waals surface area contributed by atoms with Gasteiger partial charge in [-0.3, -0.25) is 0 Å². The fraction of sp³-hybridized carbons (Fsp3) is 0.647. The number of thioether (sulfide) groups is 1. The van der Waals surface area contributed by atoms with E-state index in [1.165, 1.54) is 11.1 Å². The topological polar surface area (TPSA) is 52.5 Å². The Kier molecular flexibility index (Phi) is 7.74. The van der Waals surface area contributed by atoms with E-state index in [1.54, 1.807) is 11.8 Å². The predicted molar refractivity (Wildman–Crippen MR) is 92.0 cm³/mol. The Morgan fingerprint density at radius 2 is 1.76 bits per heavy atom. The molecular weight excluding hydrogens is 282 g/mol. The first kappa shape index (κ1) is 18.5. The molecule has 0 amide bonds. The van der Waals surface area contributed by atoms with Crippen molar-refractivity contribution in [3.63, 3.8) is 0 Å². The smallest absolute Gasteiger partial charge is 0.0861 e. The average molecular weight is 311 g/mol. The number of rotatable bonds is 8. The summed E-state index contributed by atoms with van der Waals surface area (Å²) in [5.74, 6) is 1.46. The van der Waals surface area contributed by atoms with Gasteiger partial charge in [0.05, 0.1) is 12.7 Å². The molecule has 3 nitrogen and oxygen atoms in total. The van der Waals surface area contributed by atoms with Crippen LogP contribution in [-0.4, -0.2) is 41.0 Å². The molecule has 0 radical (unpaired) electrons. The summed E-state index contributed by atoms with van der Waals surface area (Å²) in [4.78, 5) is 0. The molecule has 2 atom stereocenters. The normalized spacial score (nSPS) is 15.0. The third kappa shape index (κ3) is 6.39. The summed E-state index contributed by atoms with van der Waals surface area (Å²) in [5, 5.41) is 21.7. The maximum atomic E-state index is 9.41. The van der Waals surface area contributed by atoms with Gasteiger partial charge in [-0.05, 0) is 23.1 Å². The van der Waals surface area contributed by atoms with Gasteiger partial charge in [-0.1, -0.05) is 52.0 Å². The summed E-state index contributed by atoms with van der Waals surface area (Å²) in [7, 11) is 0. The Hall–Kier alpha value is -0.550. The van der Waals surface area contributed by atoms with Crippen molar-refractivity contribution in [1.82, 2.24) is 5.32 Å². The van der Waals surface area contributed by atoms with Gasteiger partial charge in [0.15, 0.2) is 0 Å². The number of benzene rings is 1. The summed E-state index contributed by atoms with van der Waals surface area (Å²) < 4.78 is 0. The number of aliphatic hydroxyl groups is 2. The summed E-state index contributed by atoms with van der Waals surface area (Å²) in [6, 6.07) is 9.06. The van der Waals surface area contributed by atoms with Crippen molar-refractivity contribution in [2.75, 3.05) is 24.7 Å². The van der Waals surface area contributed by atoms with Crippen molar-refractivity contribution in [1.29, 1.82) is 0 Å². The fourth-order valence-electron chi connectivity index (χ4n) is 2.11. The van der Waals surface area contributed by atoms with Gasteiger partial charge in [0, 0.05) is 17.5 Å². The van der Waals surface area contributed by atoms with Gasteiger partial charge in [-0.2, -0.15) is 11.8 Å². The molecule has 3 N–H and O–H groups in total. The molecule has 1 rings (SSSR count). The van der Waals surface area contributed by atoms with Gasteiger partial charge in [-0.25, -0.2) is 0 Å². The van der Waals surface area contributed by atoms with Crippen LogP contribution in [-0.2, 0) is 5.41 Å². The lowest BCUT2D eigenvalue weighted by molar-refractivity contribution is 0.113. The highest BCUT2D eigenvalue weighted by Crippen LogP contribution is 2.25. The molecule has 0 aliphatic rings.